The molecule has 0 saturated heterocycles. The molecule has 0 amide bonds. The van der Waals surface area contributed by atoms with E-state index < -0.39 is 5.97 Å². The largest absolute Gasteiger partial charge is 0.491 e. The summed E-state index contributed by atoms with van der Waals surface area (Å²) in [6, 6.07) is 8.83. The number of carbonyl (C=O) groups excluding carboxylic acids is 1. The van der Waals surface area contributed by atoms with Gasteiger partial charge in [0.05, 0.1) is 17.7 Å². The third-order valence-corrected chi connectivity index (χ3v) is 3.91. The molecular weight excluding hydrogens is 364 g/mol. The highest BCUT2D eigenvalue weighted by Gasteiger charge is 2.18. The van der Waals surface area contributed by atoms with Crippen LogP contribution in [0.4, 0.5) is 0 Å². The van der Waals surface area contributed by atoms with Crippen LogP contribution in [0.1, 0.15) is 6.92 Å². The van der Waals surface area contributed by atoms with Gasteiger partial charge in [-0.2, -0.15) is 5.26 Å². The van der Waals surface area contributed by atoms with Crippen LogP contribution < -0.4 is 10.1 Å². The van der Waals surface area contributed by atoms with Crippen LogP contribution in [-0.2, 0) is 14.3 Å². The fraction of sp³-hybridized carbons (Fsp3) is 0.412. The second-order valence-corrected chi connectivity index (χ2v) is 6.22. The predicted octanol–water partition coefficient (Wildman–Crippen LogP) is 2.98. The zero-order valence-corrected chi connectivity index (χ0v) is 15.9. The van der Waals surface area contributed by atoms with Gasteiger partial charge in [-0.1, -0.05) is 17.7 Å². The van der Waals surface area contributed by atoms with Crippen LogP contribution in [0.3, 0.4) is 0 Å². The van der Waals surface area contributed by atoms with Gasteiger partial charge in [0.2, 0.25) is 0 Å². The Hall–Kier alpha value is -1.88. The van der Waals surface area contributed by atoms with Gasteiger partial charge in [-0.25, -0.2) is 4.79 Å². The Bertz CT molecular complexity index is 646. The van der Waals surface area contributed by atoms with Gasteiger partial charge >= 0.3 is 5.97 Å². The number of benzene rings is 1. The summed E-state index contributed by atoms with van der Waals surface area (Å²) >= 11 is 7.17. The number of ether oxygens (including phenoxy) is 3. The van der Waals surface area contributed by atoms with Crippen molar-refractivity contribution in [3.05, 3.63) is 39.9 Å². The average molecular weight is 385 g/mol. The highest BCUT2D eigenvalue weighted by atomic mass is 35.5. The zero-order valence-electron chi connectivity index (χ0n) is 14.4. The molecular formula is C17H21ClN2O4S. The average Bonchev–Trinajstić information content (AvgIpc) is 2.60. The molecule has 1 atom stereocenters. The van der Waals surface area contributed by atoms with E-state index in [0.29, 0.717) is 22.4 Å². The third kappa shape index (κ3) is 7.69. The quantitative estimate of drug-likeness (QED) is 0.287. The van der Waals surface area contributed by atoms with Crippen LogP contribution >= 0.6 is 23.4 Å². The lowest BCUT2D eigenvalue weighted by Crippen LogP contribution is -2.32. The second-order valence-electron chi connectivity index (χ2n) is 4.96. The smallest absolute Gasteiger partial charge is 0.351 e. The summed E-state index contributed by atoms with van der Waals surface area (Å²) in [4.78, 5) is 12.0. The van der Waals surface area contributed by atoms with Crippen LogP contribution in [0, 0.1) is 11.3 Å². The molecule has 0 spiro atoms. The van der Waals surface area contributed by atoms with Crippen molar-refractivity contribution in [3.8, 4) is 11.8 Å². The van der Waals surface area contributed by atoms with E-state index in [2.05, 4.69) is 5.32 Å². The lowest BCUT2D eigenvalue weighted by molar-refractivity contribution is -0.139. The third-order valence-electron chi connectivity index (χ3n) is 2.94. The maximum atomic E-state index is 12.0. The molecule has 0 aliphatic carbocycles. The standard InChI is InChI=1S/C17H21ClN2O4S/c1-12(11-24-14-6-4-5-13(18)9-14)20-16(25-3)15(10-19)17(21)23-8-7-22-2/h4-6,9,12,20H,7-8,11H2,1-3H3/b16-15+. The van der Waals surface area contributed by atoms with Crippen LogP contribution in [0.5, 0.6) is 5.75 Å². The van der Waals surface area contributed by atoms with Gasteiger partial charge in [-0.3, -0.25) is 0 Å². The van der Waals surface area contributed by atoms with E-state index in [1.165, 1.54) is 18.9 Å². The number of esters is 1. The zero-order chi connectivity index (χ0) is 18.7. The van der Waals surface area contributed by atoms with E-state index in [0.717, 1.165) is 0 Å². The van der Waals surface area contributed by atoms with E-state index in [1.807, 2.05) is 13.0 Å². The Morgan fingerprint density at radius 1 is 1.44 bits per heavy atom. The van der Waals surface area contributed by atoms with Crippen LogP contribution in [0.15, 0.2) is 34.9 Å². The SMILES string of the molecule is COCCOC(=O)/C(C#N)=C(\NC(C)COc1cccc(Cl)c1)SC. The number of carbonyl (C=O) groups is 1. The summed E-state index contributed by atoms with van der Waals surface area (Å²) in [5, 5.41) is 13.4. The number of thioether (sulfide) groups is 1. The number of methoxy groups -OCH3 is 1. The molecule has 6 nitrogen and oxygen atoms in total. The molecule has 25 heavy (non-hydrogen) atoms. The molecule has 0 aliphatic heterocycles. The lowest BCUT2D eigenvalue weighted by atomic mass is 10.3. The maximum Gasteiger partial charge on any atom is 0.351 e. The molecule has 0 heterocycles. The number of rotatable bonds is 10. The Kier molecular flexibility index (Phi) is 9.85. The summed E-state index contributed by atoms with van der Waals surface area (Å²) in [7, 11) is 1.51. The van der Waals surface area contributed by atoms with Crippen molar-refractivity contribution in [2.24, 2.45) is 0 Å². The van der Waals surface area contributed by atoms with Crippen molar-refractivity contribution >= 4 is 29.3 Å². The fourth-order valence-corrected chi connectivity index (χ4v) is 2.59. The van der Waals surface area contributed by atoms with E-state index >= 15 is 0 Å². The molecule has 0 aliphatic rings. The summed E-state index contributed by atoms with van der Waals surface area (Å²) in [6.07, 6.45) is 1.77. The van der Waals surface area contributed by atoms with Crippen molar-refractivity contribution in [1.82, 2.24) is 5.32 Å². The van der Waals surface area contributed by atoms with E-state index in [1.54, 1.807) is 30.5 Å². The van der Waals surface area contributed by atoms with Crippen molar-refractivity contribution in [1.29, 1.82) is 5.26 Å². The Balaban J connectivity index is 2.67. The first kappa shape index (κ1) is 21.2. The Labute approximate surface area is 157 Å². The number of nitrogens with zero attached hydrogens (tertiary/aromatic N) is 1. The van der Waals surface area contributed by atoms with Gasteiger partial charge in [-0.05, 0) is 31.4 Å². The van der Waals surface area contributed by atoms with Gasteiger partial charge in [0.15, 0.2) is 5.57 Å². The van der Waals surface area contributed by atoms with Crippen molar-refractivity contribution in [3.63, 3.8) is 0 Å². The molecule has 0 saturated carbocycles. The van der Waals surface area contributed by atoms with E-state index in [9.17, 15) is 10.1 Å². The number of nitrogens with one attached hydrogen (secondary N) is 1. The van der Waals surface area contributed by atoms with Crippen LogP contribution in [0.2, 0.25) is 5.02 Å². The lowest BCUT2D eigenvalue weighted by Gasteiger charge is -2.18. The first-order chi connectivity index (χ1) is 12.0. The molecule has 1 N–H and O–H groups in total. The minimum Gasteiger partial charge on any atom is -0.491 e. The molecule has 1 aromatic rings. The van der Waals surface area contributed by atoms with E-state index in [-0.39, 0.29) is 24.8 Å². The summed E-state index contributed by atoms with van der Waals surface area (Å²) < 4.78 is 15.5. The molecule has 136 valence electrons. The Morgan fingerprint density at radius 3 is 2.80 bits per heavy atom. The monoisotopic (exact) mass is 384 g/mol. The summed E-state index contributed by atoms with van der Waals surface area (Å²) in [6.45, 7) is 2.58. The molecule has 8 heteroatoms. The van der Waals surface area contributed by atoms with Crippen LogP contribution in [0.25, 0.3) is 0 Å². The first-order valence-corrected chi connectivity index (χ1v) is 9.11. The molecule has 1 rings (SSSR count). The van der Waals surface area contributed by atoms with Crippen molar-refractivity contribution in [2.75, 3.05) is 33.2 Å². The number of hydrogen-bond donors (Lipinski definition) is 1. The van der Waals surface area contributed by atoms with Gasteiger partial charge < -0.3 is 19.5 Å². The van der Waals surface area contributed by atoms with Crippen LogP contribution in [-0.4, -0.2) is 45.2 Å². The molecule has 0 bridgehead atoms. The van der Waals surface area contributed by atoms with Crippen molar-refractivity contribution in [2.45, 2.75) is 13.0 Å². The molecule has 0 aromatic heterocycles. The van der Waals surface area contributed by atoms with E-state index in [4.69, 9.17) is 25.8 Å². The normalized spacial score (nSPS) is 12.6. The Morgan fingerprint density at radius 2 is 2.20 bits per heavy atom. The fourth-order valence-electron chi connectivity index (χ4n) is 1.76. The van der Waals surface area contributed by atoms with Gasteiger partial charge in [-0.15, -0.1) is 11.8 Å². The number of nitriles is 1. The summed E-state index contributed by atoms with van der Waals surface area (Å²) in [5.74, 6) is -0.0327. The number of hydrogen-bond acceptors (Lipinski definition) is 7. The summed E-state index contributed by atoms with van der Waals surface area (Å²) in [5.41, 5.74) is -0.0711. The second kappa shape index (κ2) is 11.6. The van der Waals surface area contributed by atoms with Gasteiger partial charge in [0, 0.05) is 12.1 Å². The minimum atomic E-state index is -0.681. The van der Waals surface area contributed by atoms with Crippen molar-refractivity contribution < 1.29 is 19.0 Å². The topological polar surface area (TPSA) is 80.6 Å². The highest BCUT2D eigenvalue weighted by molar-refractivity contribution is 8.02. The molecule has 1 aromatic carbocycles. The minimum absolute atomic E-state index is 0.0711. The van der Waals surface area contributed by atoms with Gasteiger partial charge in [0.1, 0.15) is 25.0 Å². The molecule has 1 unspecified atom stereocenters. The van der Waals surface area contributed by atoms with Gasteiger partial charge in [0.25, 0.3) is 0 Å². The predicted molar refractivity (Wildman–Crippen MR) is 98.5 cm³/mol. The number of halogens is 1. The first-order valence-electron chi connectivity index (χ1n) is 7.51. The maximum absolute atomic E-state index is 12.0. The highest BCUT2D eigenvalue weighted by Crippen LogP contribution is 2.18. The molecule has 0 fully saturated rings. The molecule has 0 radical (unpaired) electrons.